The minimum Gasteiger partial charge on any atom is -0.379 e. The van der Waals surface area contributed by atoms with Gasteiger partial charge in [0.1, 0.15) is 6.04 Å². The van der Waals surface area contributed by atoms with Crippen LogP contribution in [0.1, 0.15) is 32.3 Å². The Balaban J connectivity index is 1.68. The second kappa shape index (κ2) is 11.1. The van der Waals surface area contributed by atoms with Crippen LogP contribution in [-0.2, 0) is 11.2 Å². The van der Waals surface area contributed by atoms with E-state index >= 15 is 0 Å². The third-order valence-corrected chi connectivity index (χ3v) is 6.35. The first-order valence-electron chi connectivity index (χ1n) is 11.8. The highest BCUT2D eigenvalue weighted by molar-refractivity contribution is 6.38. The maximum absolute atomic E-state index is 13.3. The molecule has 2 heterocycles. The number of amides is 1. The first-order chi connectivity index (χ1) is 16.5. The number of nitrogens with zero attached hydrogens (tertiary/aromatic N) is 3. The van der Waals surface area contributed by atoms with Gasteiger partial charge in [0.2, 0.25) is 5.96 Å². The van der Waals surface area contributed by atoms with Gasteiger partial charge in [-0.2, -0.15) is 18.2 Å². The van der Waals surface area contributed by atoms with E-state index in [1.165, 1.54) is 16.8 Å². The monoisotopic (exact) mass is 493 g/mol. The molecule has 1 aromatic heterocycles. The number of para-hydroxylation sites is 1. The van der Waals surface area contributed by atoms with E-state index < -0.39 is 36.5 Å². The number of likely N-dealkylation sites (N-methyl/N-ethyl adjacent to an activating group) is 1. The number of amidine groups is 1. The van der Waals surface area contributed by atoms with Crippen molar-refractivity contribution in [1.82, 2.24) is 20.1 Å². The van der Waals surface area contributed by atoms with E-state index in [0.717, 1.165) is 29.3 Å². The number of carbonyl (C=O) groups is 1. The Bertz CT molecular complexity index is 1060. The predicted molar refractivity (Wildman–Crippen MR) is 131 cm³/mol. The van der Waals surface area contributed by atoms with Gasteiger partial charge in [-0.1, -0.05) is 32.0 Å². The number of fused-ring (bicyclic) bond motifs is 1. The van der Waals surface area contributed by atoms with Crippen LogP contribution in [0, 0.1) is 11.3 Å². The molecule has 1 aromatic carbocycles. The number of halogens is 3. The van der Waals surface area contributed by atoms with E-state index in [9.17, 15) is 18.0 Å². The number of aromatic nitrogens is 1. The van der Waals surface area contributed by atoms with Crippen LogP contribution in [0.25, 0.3) is 10.9 Å². The van der Waals surface area contributed by atoms with Crippen molar-refractivity contribution in [3.8, 4) is 0 Å². The Hall–Kier alpha value is -3.08. The molecule has 1 aliphatic rings. The van der Waals surface area contributed by atoms with Crippen molar-refractivity contribution >= 4 is 28.6 Å². The normalized spacial score (nSPS) is 18.8. The van der Waals surface area contributed by atoms with E-state index in [1.807, 2.05) is 30.5 Å². The summed E-state index contributed by atoms with van der Waals surface area (Å²) < 4.78 is 39.8. The first kappa shape index (κ1) is 26.5. The number of guanidine groups is 1. The quantitative estimate of drug-likeness (QED) is 0.366. The second-order valence-corrected chi connectivity index (χ2v) is 9.51. The molecule has 5 N–H and O–H groups in total. The van der Waals surface area contributed by atoms with E-state index in [-0.39, 0.29) is 19.1 Å². The van der Waals surface area contributed by atoms with Crippen LogP contribution in [-0.4, -0.2) is 77.4 Å². The van der Waals surface area contributed by atoms with Gasteiger partial charge in [0.15, 0.2) is 5.84 Å². The van der Waals surface area contributed by atoms with E-state index in [1.54, 1.807) is 0 Å². The summed E-state index contributed by atoms with van der Waals surface area (Å²) in [4.78, 5) is 22.3. The van der Waals surface area contributed by atoms with Crippen LogP contribution in [0.15, 0.2) is 35.5 Å². The highest BCUT2D eigenvalue weighted by Gasteiger charge is 2.45. The van der Waals surface area contributed by atoms with Gasteiger partial charge < -0.3 is 20.9 Å². The fraction of sp³-hybridized carbons (Fsp3) is 0.542. The Morgan fingerprint density at radius 3 is 2.69 bits per heavy atom. The smallest absolute Gasteiger partial charge is 0.379 e. The molecule has 192 valence electrons. The van der Waals surface area contributed by atoms with E-state index in [2.05, 4.69) is 29.1 Å². The van der Waals surface area contributed by atoms with Gasteiger partial charge >= 0.3 is 6.18 Å². The largest absolute Gasteiger partial charge is 0.405 e. The number of piperazine rings is 1. The predicted octanol–water partition coefficient (Wildman–Crippen LogP) is 3.10. The fourth-order valence-electron chi connectivity index (χ4n) is 4.24. The number of nitrogens with two attached hydrogens (primary N) is 1. The number of benzene rings is 1. The lowest BCUT2D eigenvalue weighted by atomic mass is 9.97. The summed E-state index contributed by atoms with van der Waals surface area (Å²) >= 11 is 0. The number of hydrogen-bond acceptors (Lipinski definition) is 3. The molecule has 0 radical (unpaired) electrons. The molecule has 0 bridgehead atoms. The molecule has 8 nitrogen and oxygen atoms in total. The van der Waals surface area contributed by atoms with Crippen molar-refractivity contribution in [2.45, 2.75) is 51.4 Å². The molecule has 1 saturated heterocycles. The number of hydrogen-bond donors (Lipinski definition) is 4. The lowest BCUT2D eigenvalue weighted by molar-refractivity contribution is -0.189. The minimum absolute atomic E-state index is 0.121. The van der Waals surface area contributed by atoms with Gasteiger partial charge in [0, 0.05) is 42.8 Å². The molecule has 2 aromatic rings. The van der Waals surface area contributed by atoms with Crippen molar-refractivity contribution in [2.75, 3.05) is 26.7 Å². The molecule has 11 heteroatoms. The number of carbonyl (C=O) groups excluding carboxylic acids is 1. The van der Waals surface area contributed by atoms with E-state index in [0.29, 0.717) is 12.3 Å². The maximum atomic E-state index is 13.3. The Morgan fingerprint density at radius 2 is 2.00 bits per heavy atom. The van der Waals surface area contributed by atoms with Crippen molar-refractivity contribution < 1.29 is 18.0 Å². The summed E-state index contributed by atoms with van der Waals surface area (Å²) in [6, 6.07) is 5.98. The average Bonchev–Trinajstić information content (AvgIpc) is 3.19. The standard InChI is InChI=1S/C24H34F3N7O/c1-15(2)8-9-17(12-16-13-30-19-7-5-4-6-18(16)19)31-22(35)21(28)32-23(29)34-11-10-33(3)20(14-34)24(25,26)27/h4-7,13,15,17,20,30H,8-12,14H2,1-3H3,(H,31,35)(H3,28,29,32). The SMILES string of the molecule is CC(C)CCC(Cc1c[nH]c2ccccc12)NC(=O)C(N)=NC(=N)N1CCN(C)C(C(F)(F)F)C1. The lowest BCUT2D eigenvalue weighted by Crippen LogP contribution is -2.58. The van der Waals surface area contributed by atoms with Gasteiger partial charge in [-0.15, -0.1) is 0 Å². The molecule has 3 rings (SSSR count). The highest BCUT2D eigenvalue weighted by Crippen LogP contribution is 2.27. The summed E-state index contributed by atoms with van der Waals surface area (Å²) in [5.41, 5.74) is 7.95. The molecule has 35 heavy (non-hydrogen) atoms. The summed E-state index contributed by atoms with van der Waals surface area (Å²) in [7, 11) is 1.40. The maximum Gasteiger partial charge on any atom is 0.405 e. The second-order valence-electron chi connectivity index (χ2n) is 9.51. The Morgan fingerprint density at radius 1 is 1.29 bits per heavy atom. The van der Waals surface area contributed by atoms with Crippen LogP contribution < -0.4 is 11.1 Å². The van der Waals surface area contributed by atoms with E-state index in [4.69, 9.17) is 11.1 Å². The summed E-state index contributed by atoms with van der Waals surface area (Å²) in [5.74, 6) is -1.08. The van der Waals surface area contributed by atoms with Crippen LogP contribution >= 0.6 is 0 Å². The van der Waals surface area contributed by atoms with Crippen LogP contribution in [0.3, 0.4) is 0 Å². The van der Waals surface area contributed by atoms with Crippen LogP contribution in [0.5, 0.6) is 0 Å². The third kappa shape index (κ3) is 6.97. The minimum atomic E-state index is -4.42. The zero-order chi connectivity index (χ0) is 25.8. The molecule has 1 aliphatic heterocycles. The number of rotatable bonds is 6. The molecular formula is C24H34F3N7O. The number of alkyl halides is 3. The molecule has 2 unspecified atom stereocenters. The number of aromatic amines is 1. The van der Waals surface area contributed by atoms with Crippen molar-refractivity contribution in [1.29, 1.82) is 5.41 Å². The topological polar surface area (TPSA) is 114 Å². The first-order valence-corrected chi connectivity index (χ1v) is 11.8. The van der Waals surface area contributed by atoms with Crippen LogP contribution in [0.4, 0.5) is 13.2 Å². The molecular weight excluding hydrogens is 459 g/mol. The molecule has 1 amide bonds. The molecule has 0 spiro atoms. The van der Waals surface area contributed by atoms with Crippen molar-refractivity contribution in [3.05, 3.63) is 36.0 Å². The van der Waals surface area contributed by atoms with Gasteiger partial charge in [-0.25, -0.2) is 0 Å². The van der Waals surface area contributed by atoms with Crippen molar-refractivity contribution in [2.24, 2.45) is 16.6 Å². The van der Waals surface area contributed by atoms with Crippen LogP contribution in [0.2, 0.25) is 0 Å². The summed E-state index contributed by atoms with van der Waals surface area (Å²) in [6.45, 7) is 4.08. The number of nitrogens with one attached hydrogen (secondary N) is 3. The van der Waals surface area contributed by atoms with Gasteiger partial charge in [0.05, 0.1) is 0 Å². The van der Waals surface area contributed by atoms with Gasteiger partial charge in [0.25, 0.3) is 5.91 Å². The van der Waals surface area contributed by atoms with Gasteiger partial charge in [-0.3, -0.25) is 15.1 Å². The average molecular weight is 494 g/mol. The van der Waals surface area contributed by atoms with Crippen molar-refractivity contribution in [3.63, 3.8) is 0 Å². The Labute approximate surface area is 203 Å². The zero-order valence-electron chi connectivity index (χ0n) is 20.3. The fourth-order valence-corrected chi connectivity index (χ4v) is 4.24. The zero-order valence-corrected chi connectivity index (χ0v) is 20.3. The molecule has 0 aliphatic carbocycles. The Kier molecular flexibility index (Phi) is 8.42. The summed E-state index contributed by atoms with van der Waals surface area (Å²) in [6.07, 6.45) is -0.304. The number of aliphatic imine (C=N–C) groups is 1. The highest BCUT2D eigenvalue weighted by atomic mass is 19.4. The molecule has 2 atom stereocenters. The summed E-state index contributed by atoms with van der Waals surface area (Å²) in [5, 5.41) is 12.1. The molecule has 1 fully saturated rings. The number of H-pyrrole nitrogens is 1. The lowest BCUT2D eigenvalue weighted by Gasteiger charge is -2.40. The third-order valence-electron chi connectivity index (χ3n) is 6.35. The van der Waals surface area contributed by atoms with Gasteiger partial charge in [-0.05, 0) is 43.9 Å². The molecule has 0 saturated carbocycles.